The average Bonchev–Trinajstić information content (AvgIpc) is 2.71. The maximum Gasteiger partial charge on any atom is 0.0982 e. The smallest absolute Gasteiger partial charge is 0.0982 e. The van der Waals surface area contributed by atoms with Gasteiger partial charge < -0.3 is 23.8 Å². The third kappa shape index (κ3) is 18.9. The van der Waals surface area contributed by atoms with Gasteiger partial charge in [-0.25, -0.2) is 0 Å². The highest BCUT2D eigenvalue weighted by atomic mass is 19.0. The van der Waals surface area contributed by atoms with Gasteiger partial charge in [0.25, 0.3) is 0 Å². The lowest BCUT2D eigenvalue weighted by atomic mass is 10.1. The molecule has 28 heavy (non-hydrogen) atoms. The lowest BCUT2D eigenvalue weighted by Crippen LogP contribution is -3.00. The van der Waals surface area contributed by atoms with Crippen molar-refractivity contribution in [2.24, 2.45) is 0 Å². The van der Waals surface area contributed by atoms with Crippen LogP contribution >= 0.6 is 0 Å². The quantitative estimate of drug-likeness (QED) is 0.215. The standard InChI is InChI=1S/C16H36N.C7H14O3.FH/c1-5-9-13-17(14-10-6-2,15-11-7-3)16-12-8-4;1-3-7(9-2)6-10-5-4-8;/h5-16H2,1-4H3;3,7-8H,1,4-6H2,2H3;1H/q+1;;/p-1. The van der Waals surface area contributed by atoms with Crippen LogP contribution in [0.3, 0.4) is 0 Å². The summed E-state index contributed by atoms with van der Waals surface area (Å²) in [6, 6.07) is 0. The van der Waals surface area contributed by atoms with E-state index in [1.165, 1.54) is 82.0 Å². The van der Waals surface area contributed by atoms with Crippen molar-refractivity contribution in [2.75, 3.05) is 53.1 Å². The van der Waals surface area contributed by atoms with Crippen molar-refractivity contribution >= 4 is 0 Å². The van der Waals surface area contributed by atoms with Crippen LogP contribution in [0.25, 0.3) is 0 Å². The molecule has 0 saturated heterocycles. The molecule has 0 fully saturated rings. The first-order valence-electron chi connectivity index (χ1n) is 11.3. The highest BCUT2D eigenvalue weighted by Gasteiger charge is 2.24. The molecule has 0 amide bonds. The molecule has 0 aromatic heterocycles. The number of aliphatic hydroxyl groups excluding tert-OH is 1. The summed E-state index contributed by atoms with van der Waals surface area (Å²) in [5.41, 5.74) is 0. The molecule has 5 heteroatoms. The molecule has 0 rings (SSSR count). The Balaban J connectivity index is -0.000000489. The molecule has 4 nitrogen and oxygen atoms in total. The molecular formula is C23H50FNO3. The van der Waals surface area contributed by atoms with E-state index >= 15 is 0 Å². The molecular weight excluding hydrogens is 357 g/mol. The zero-order chi connectivity index (χ0) is 20.8. The van der Waals surface area contributed by atoms with E-state index < -0.39 is 0 Å². The van der Waals surface area contributed by atoms with E-state index in [1.807, 2.05) is 0 Å². The Labute approximate surface area is 175 Å². The van der Waals surface area contributed by atoms with Crippen LogP contribution < -0.4 is 4.70 Å². The summed E-state index contributed by atoms with van der Waals surface area (Å²) in [5.74, 6) is 0. The summed E-state index contributed by atoms with van der Waals surface area (Å²) in [6.07, 6.45) is 12.7. The van der Waals surface area contributed by atoms with E-state index in [4.69, 9.17) is 14.6 Å². The minimum atomic E-state index is -0.0634. The molecule has 0 aliphatic rings. The first kappa shape index (κ1) is 32.2. The Morgan fingerprint density at radius 3 is 1.50 bits per heavy atom. The summed E-state index contributed by atoms with van der Waals surface area (Å²) >= 11 is 0. The molecule has 0 radical (unpaired) electrons. The number of ether oxygens (including phenoxy) is 2. The van der Waals surface area contributed by atoms with Gasteiger partial charge in [-0.1, -0.05) is 59.5 Å². The predicted molar refractivity (Wildman–Crippen MR) is 118 cm³/mol. The fraction of sp³-hybridized carbons (Fsp3) is 0.913. The number of nitrogens with zero attached hydrogens (tertiary/aromatic N) is 1. The number of methoxy groups -OCH3 is 1. The number of halogens is 1. The molecule has 172 valence electrons. The van der Waals surface area contributed by atoms with Gasteiger partial charge in [0, 0.05) is 7.11 Å². The molecule has 1 unspecified atom stereocenters. The number of aliphatic hydroxyl groups is 1. The average molecular weight is 408 g/mol. The monoisotopic (exact) mass is 407 g/mol. The lowest BCUT2D eigenvalue weighted by molar-refractivity contribution is -0.929. The van der Waals surface area contributed by atoms with E-state index in [2.05, 4.69) is 34.3 Å². The van der Waals surface area contributed by atoms with Gasteiger partial charge in [0.15, 0.2) is 0 Å². The number of hydrogen-bond acceptors (Lipinski definition) is 3. The Kier molecular flexibility index (Phi) is 28.2. The molecule has 0 spiro atoms. The highest BCUT2D eigenvalue weighted by Crippen LogP contribution is 2.16. The van der Waals surface area contributed by atoms with Crippen LogP contribution in [0.5, 0.6) is 0 Å². The van der Waals surface area contributed by atoms with Gasteiger partial charge >= 0.3 is 0 Å². The maximum absolute atomic E-state index is 8.33. The third-order valence-electron chi connectivity index (χ3n) is 5.03. The van der Waals surface area contributed by atoms with E-state index in [0.717, 1.165) is 0 Å². The van der Waals surface area contributed by atoms with Crippen molar-refractivity contribution in [3.8, 4) is 0 Å². The van der Waals surface area contributed by atoms with Crippen LogP contribution in [-0.2, 0) is 9.47 Å². The Morgan fingerprint density at radius 2 is 1.25 bits per heavy atom. The SMILES string of the molecule is C=CC(COCCO)OC.CCCC[N+](CCCC)(CCCC)CCCC.[F-]. The fourth-order valence-electron chi connectivity index (χ4n) is 3.14. The van der Waals surface area contributed by atoms with Crippen LogP contribution in [0.2, 0.25) is 0 Å². The fourth-order valence-corrected chi connectivity index (χ4v) is 3.14. The second-order valence-corrected chi connectivity index (χ2v) is 7.46. The van der Waals surface area contributed by atoms with Gasteiger partial charge in [-0.2, -0.15) is 0 Å². The van der Waals surface area contributed by atoms with Gasteiger partial charge in [0.2, 0.25) is 0 Å². The zero-order valence-corrected chi connectivity index (χ0v) is 19.6. The Morgan fingerprint density at radius 1 is 0.857 bits per heavy atom. The van der Waals surface area contributed by atoms with Crippen LogP contribution in [0.15, 0.2) is 12.7 Å². The predicted octanol–water partition coefficient (Wildman–Crippen LogP) is 2.20. The van der Waals surface area contributed by atoms with Crippen LogP contribution in [0.1, 0.15) is 79.1 Å². The number of quaternary nitrogens is 1. The van der Waals surface area contributed by atoms with Gasteiger partial charge in [0.05, 0.1) is 52.1 Å². The number of rotatable bonds is 18. The van der Waals surface area contributed by atoms with Crippen molar-refractivity contribution in [1.82, 2.24) is 0 Å². The molecule has 0 aliphatic heterocycles. The van der Waals surface area contributed by atoms with Gasteiger partial charge in [-0.15, -0.1) is 6.58 Å². The molecule has 0 bridgehead atoms. The summed E-state index contributed by atoms with van der Waals surface area (Å²) in [7, 11) is 1.59. The minimum absolute atomic E-state index is 0. The summed E-state index contributed by atoms with van der Waals surface area (Å²) < 4.78 is 11.3. The van der Waals surface area contributed by atoms with Crippen molar-refractivity contribution in [3.63, 3.8) is 0 Å². The van der Waals surface area contributed by atoms with E-state index in [1.54, 1.807) is 13.2 Å². The molecule has 0 aromatic carbocycles. The summed E-state index contributed by atoms with van der Waals surface area (Å²) in [4.78, 5) is 0. The van der Waals surface area contributed by atoms with Crippen molar-refractivity contribution < 1.29 is 23.8 Å². The highest BCUT2D eigenvalue weighted by molar-refractivity contribution is 4.78. The molecule has 1 N–H and O–H groups in total. The lowest BCUT2D eigenvalue weighted by Gasteiger charge is -2.39. The van der Waals surface area contributed by atoms with Crippen molar-refractivity contribution in [2.45, 2.75) is 85.2 Å². The van der Waals surface area contributed by atoms with Gasteiger partial charge in [0.1, 0.15) is 0 Å². The topological polar surface area (TPSA) is 38.7 Å². The van der Waals surface area contributed by atoms with Crippen LogP contribution in [0.4, 0.5) is 0 Å². The third-order valence-corrected chi connectivity index (χ3v) is 5.03. The molecule has 0 aliphatic carbocycles. The maximum atomic E-state index is 8.33. The molecule has 1 atom stereocenters. The summed E-state index contributed by atoms with van der Waals surface area (Å²) in [5, 5.41) is 8.33. The molecule has 0 aromatic rings. The van der Waals surface area contributed by atoms with Gasteiger partial charge in [-0.3, -0.25) is 0 Å². The Hall–Kier alpha value is -0.490. The molecule has 0 saturated carbocycles. The first-order valence-corrected chi connectivity index (χ1v) is 11.3. The minimum Gasteiger partial charge on any atom is -1.00 e. The second-order valence-electron chi connectivity index (χ2n) is 7.46. The van der Waals surface area contributed by atoms with Gasteiger partial charge in [-0.05, 0) is 25.7 Å². The second kappa shape index (κ2) is 24.5. The first-order chi connectivity index (χ1) is 13.1. The van der Waals surface area contributed by atoms with Crippen molar-refractivity contribution in [3.05, 3.63) is 12.7 Å². The van der Waals surface area contributed by atoms with E-state index in [0.29, 0.717) is 13.2 Å². The molecule has 0 heterocycles. The van der Waals surface area contributed by atoms with Crippen LogP contribution in [0, 0.1) is 0 Å². The zero-order valence-electron chi connectivity index (χ0n) is 19.6. The normalized spacial score (nSPS) is 11.9. The van der Waals surface area contributed by atoms with Crippen LogP contribution in [-0.4, -0.2) is 68.8 Å². The van der Waals surface area contributed by atoms with E-state index in [-0.39, 0.29) is 17.4 Å². The number of unbranched alkanes of at least 4 members (excludes halogenated alkanes) is 4. The number of hydrogen-bond donors (Lipinski definition) is 1. The van der Waals surface area contributed by atoms with E-state index in [9.17, 15) is 0 Å². The van der Waals surface area contributed by atoms with Crippen molar-refractivity contribution in [1.29, 1.82) is 0 Å². The Bertz CT molecular complexity index is 266. The largest absolute Gasteiger partial charge is 1.00 e. The summed E-state index contributed by atoms with van der Waals surface area (Å²) in [6.45, 7) is 19.4.